The van der Waals surface area contributed by atoms with Gasteiger partial charge in [0.15, 0.2) is 0 Å². The predicted octanol–water partition coefficient (Wildman–Crippen LogP) is 4.06. The number of hydrogen-bond donors (Lipinski definition) is 1. The topological polar surface area (TPSA) is 72.2 Å². The number of carbonyl (C=O) groups is 1. The third kappa shape index (κ3) is 3.05. The molecule has 2 aromatic carbocycles. The highest BCUT2D eigenvalue weighted by Crippen LogP contribution is 2.41. The Labute approximate surface area is 138 Å². The van der Waals surface area contributed by atoms with Crippen LogP contribution in [0.25, 0.3) is 0 Å². The van der Waals surface area contributed by atoms with E-state index in [1.165, 1.54) is 24.3 Å². The Morgan fingerprint density at radius 1 is 1.09 bits per heavy atom. The number of amides is 1. The smallest absolute Gasteiger partial charge is 0.269 e. The van der Waals surface area contributed by atoms with Gasteiger partial charge in [0.25, 0.3) is 11.6 Å². The van der Waals surface area contributed by atoms with E-state index in [-0.39, 0.29) is 17.1 Å². The summed E-state index contributed by atoms with van der Waals surface area (Å²) in [6.07, 6.45) is 2.78. The number of rotatable bonds is 4. The monoisotopic (exact) mass is 330 g/mol. The molecule has 1 aliphatic carbocycles. The van der Waals surface area contributed by atoms with Gasteiger partial charge >= 0.3 is 0 Å². The summed E-state index contributed by atoms with van der Waals surface area (Å²) in [4.78, 5) is 22.7. The van der Waals surface area contributed by atoms with Crippen LogP contribution >= 0.6 is 11.6 Å². The summed E-state index contributed by atoms with van der Waals surface area (Å²) in [7, 11) is 0. The van der Waals surface area contributed by atoms with E-state index >= 15 is 0 Å². The Balaban J connectivity index is 1.80. The lowest BCUT2D eigenvalue weighted by Crippen LogP contribution is -2.50. The highest BCUT2D eigenvalue weighted by atomic mass is 35.5. The molecule has 0 radical (unpaired) electrons. The van der Waals surface area contributed by atoms with Gasteiger partial charge in [-0.3, -0.25) is 14.9 Å². The van der Waals surface area contributed by atoms with E-state index in [4.69, 9.17) is 11.6 Å². The number of hydrogen-bond acceptors (Lipinski definition) is 3. The fourth-order valence-electron chi connectivity index (χ4n) is 2.81. The second-order valence-electron chi connectivity index (χ2n) is 5.70. The molecule has 0 spiro atoms. The summed E-state index contributed by atoms with van der Waals surface area (Å²) in [5, 5.41) is 14.4. The van der Waals surface area contributed by atoms with Crippen molar-refractivity contribution in [3.8, 4) is 0 Å². The molecule has 0 saturated heterocycles. The molecule has 1 fully saturated rings. The van der Waals surface area contributed by atoms with Crippen LogP contribution in [0.4, 0.5) is 5.69 Å². The first-order valence-electron chi connectivity index (χ1n) is 7.33. The van der Waals surface area contributed by atoms with Crippen molar-refractivity contribution in [1.29, 1.82) is 0 Å². The molecule has 1 amide bonds. The van der Waals surface area contributed by atoms with Gasteiger partial charge in [-0.25, -0.2) is 0 Å². The molecule has 2 aromatic rings. The van der Waals surface area contributed by atoms with Crippen LogP contribution in [0.5, 0.6) is 0 Å². The Hall–Kier alpha value is -2.40. The Morgan fingerprint density at radius 3 is 2.17 bits per heavy atom. The molecule has 0 unspecified atom stereocenters. The van der Waals surface area contributed by atoms with Crippen LogP contribution in [-0.4, -0.2) is 10.8 Å². The molecule has 23 heavy (non-hydrogen) atoms. The van der Waals surface area contributed by atoms with Crippen molar-refractivity contribution in [2.24, 2.45) is 0 Å². The van der Waals surface area contributed by atoms with Crippen molar-refractivity contribution in [2.75, 3.05) is 0 Å². The van der Waals surface area contributed by atoms with E-state index < -0.39 is 4.92 Å². The summed E-state index contributed by atoms with van der Waals surface area (Å²) in [6, 6.07) is 13.1. The number of nitrogens with one attached hydrogen (secondary N) is 1. The molecule has 118 valence electrons. The SMILES string of the molecule is O=C(NC1(c2ccc(Cl)cc2)CCC1)c1ccc([N+](=O)[O-])cc1. The van der Waals surface area contributed by atoms with Crippen molar-refractivity contribution < 1.29 is 9.72 Å². The second-order valence-corrected chi connectivity index (χ2v) is 6.14. The largest absolute Gasteiger partial charge is 0.343 e. The quantitative estimate of drug-likeness (QED) is 0.678. The summed E-state index contributed by atoms with van der Waals surface area (Å²) in [5.41, 5.74) is 1.04. The highest BCUT2D eigenvalue weighted by Gasteiger charge is 2.40. The van der Waals surface area contributed by atoms with Crippen LogP contribution in [0.15, 0.2) is 48.5 Å². The number of nitrogens with zero attached hydrogens (tertiary/aromatic N) is 1. The van der Waals surface area contributed by atoms with Gasteiger partial charge in [0.05, 0.1) is 10.5 Å². The van der Waals surface area contributed by atoms with Crippen LogP contribution in [-0.2, 0) is 5.54 Å². The fraction of sp³-hybridized carbons (Fsp3) is 0.235. The predicted molar refractivity (Wildman–Crippen MR) is 87.5 cm³/mol. The van der Waals surface area contributed by atoms with Crippen molar-refractivity contribution in [3.63, 3.8) is 0 Å². The van der Waals surface area contributed by atoms with Gasteiger partial charge in [-0.05, 0) is 49.1 Å². The molecule has 3 rings (SSSR count). The van der Waals surface area contributed by atoms with Crippen LogP contribution in [0.2, 0.25) is 5.02 Å². The maximum absolute atomic E-state index is 12.5. The van der Waals surface area contributed by atoms with Crippen molar-refractivity contribution in [1.82, 2.24) is 5.32 Å². The average Bonchev–Trinajstić information content (AvgIpc) is 2.52. The zero-order valence-corrected chi connectivity index (χ0v) is 13.0. The first-order valence-corrected chi connectivity index (χ1v) is 7.71. The minimum absolute atomic E-state index is 0.0300. The molecular formula is C17H15ClN2O3. The second kappa shape index (κ2) is 6.01. The van der Waals surface area contributed by atoms with Crippen LogP contribution in [0.1, 0.15) is 35.2 Å². The molecule has 0 bridgehead atoms. The standard InChI is InChI=1S/C17H15ClN2O3/c18-14-6-4-13(5-7-14)17(10-1-11-17)19-16(21)12-2-8-15(9-3-12)20(22)23/h2-9H,1,10-11H2,(H,19,21). The van der Waals surface area contributed by atoms with Gasteiger partial charge in [0.2, 0.25) is 0 Å². The molecule has 0 aromatic heterocycles. The van der Waals surface area contributed by atoms with E-state index in [1.807, 2.05) is 24.3 Å². The van der Waals surface area contributed by atoms with Gasteiger partial charge < -0.3 is 5.32 Å². The molecule has 1 aliphatic rings. The molecule has 0 aliphatic heterocycles. The summed E-state index contributed by atoms with van der Waals surface area (Å²) in [5.74, 6) is -0.227. The highest BCUT2D eigenvalue weighted by molar-refractivity contribution is 6.30. The van der Waals surface area contributed by atoms with E-state index in [0.29, 0.717) is 10.6 Å². The average molecular weight is 331 g/mol. The van der Waals surface area contributed by atoms with Gasteiger partial charge in [-0.1, -0.05) is 23.7 Å². The Bertz CT molecular complexity index is 737. The van der Waals surface area contributed by atoms with Gasteiger partial charge in [-0.2, -0.15) is 0 Å². The third-order valence-electron chi connectivity index (χ3n) is 4.30. The summed E-state index contributed by atoms with van der Waals surface area (Å²) in [6.45, 7) is 0. The lowest BCUT2D eigenvalue weighted by molar-refractivity contribution is -0.384. The lowest BCUT2D eigenvalue weighted by atomic mass is 9.71. The van der Waals surface area contributed by atoms with Gasteiger partial charge in [0.1, 0.15) is 0 Å². The minimum atomic E-state index is -0.483. The van der Waals surface area contributed by atoms with E-state index in [9.17, 15) is 14.9 Å². The number of halogens is 1. The maximum atomic E-state index is 12.5. The molecule has 0 atom stereocenters. The Morgan fingerprint density at radius 2 is 1.70 bits per heavy atom. The molecule has 0 heterocycles. The van der Waals surface area contributed by atoms with Crippen molar-refractivity contribution in [3.05, 3.63) is 74.8 Å². The zero-order valence-electron chi connectivity index (χ0n) is 12.3. The third-order valence-corrected chi connectivity index (χ3v) is 4.55. The van der Waals surface area contributed by atoms with Crippen molar-refractivity contribution in [2.45, 2.75) is 24.8 Å². The number of benzene rings is 2. The van der Waals surface area contributed by atoms with Crippen LogP contribution in [0, 0.1) is 10.1 Å². The normalized spacial score (nSPS) is 15.5. The summed E-state index contributed by atoms with van der Waals surface area (Å²) < 4.78 is 0. The van der Waals surface area contributed by atoms with Crippen LogP contribution < -0.4 is 5.32 Å². The van der Waals surface area contributed by atoms with E-state index in [2.05, 4.69) is 5.32 Å². The number of nitro groups is 1. The number of carbonyl (C=O) groups excluding carboxylic acids is 1. The zero-order chi connectivity index (χ0) is 16.4. The van der Waals surface area contributed by atoms with Crippen molar-refractivity contribution >= 4 is 23.2 Å². The molecule has 1 N–H and O–H groups in total. The van der Waals surface area contributed by atoms with Gasteiger partial charge in [0, 0.05) is 22.7 Å². The van der Waals surface area contributed by atoms with Gasteiger partial charge in [-0.15, -0.1) is 0 Å². The molecule has 1 saturated carbocycles. The first kappa shape index (κ1) is 15.5. The number of nitro benzene ring substituents is 1. The Kier molecular flexibility index (Phi) is 4.05. The maximum Gasteiger partial charge on any atom is 0.269 e. The fourth-order valence-corrected chi connectivity index (χ4v) is 2.94. The van der Waals surface area contributed by atoms with E-state index in [1.54, 1.807) is 0 Å². The minimum Gasteiger partial charge on any atom is -0.343 e. The number of non-ortho nitro benzene ring substituents is 1. The van der Waals surface area contributed by atoms with E-state index in [0.717, 1.165) is 24.8 Å². The molecule has 5 nitrogen and oxygen atoms in total. The molecule has 6 heteroatoms. The van der Waals surface area contributed by atoms with Crippen LogP contribution in [0.3, 0.4) is 0 Å². The summed E-state index contributed by atoms with van der Waals surface area (Å²) >= 11 is 5.92. The lowest BCUT2D eigenvalue weighted by Gasteiger charge is -2.43. The molecular weight excluding hydrogens is 316 g/mol. The first-order chi connectivity index (χ1) is 11.0.